The molecule has 0 spiro atoms. The Balaban J connectivity index is 2.57. The molecule has 0 fully saturated rings. The first-order chi connectivity index (χ1) is 8.22. The SMILES string of the molecule is CNCc1ccc(F)cc1-c1ccncc1C. The van der Waals surface area contributed by atoms with Gasteiger partial charge in [-0.25, -0.2) is 4.39 Å². The minimum Gasteiger partial charge on any atom is -0.316 e. The van der Waals surface area contributed by atoms with E-state index in [4.69, 9.17) is 0 Å². The van der Waals surface area contributed by atoms with Gasteiger partial charge in [0.05, 0.1) is 0 Å². The van der Waals surface area contributed by atoms with Gasteiger partial charge in [-0.1, -0.05) is 6.07 Å². The number of nitrogens with one attached hydrogen (secondary N) is 1. The summed E-state index contributed by atoms with van der Waals surface area (Å²) >= 11 is 0. The van der Waals surface area contributed by atoms with Gasteiger partial charge in [0.25, 0.3) is 0 Å². The molecule has 0 atom stereocenters. The smallest absolute Gasteiger partial charge is 0.123 e. The minimum absolute atomic E-state index is 0.212. The maximum absolute atomic E-state index is 13.4. The summed E-state index contributed by atoms with van der Waals surface area (Å²) in [5.41, 5.74) is 4.10. The van der Waals surface area contributed by atoms with E-state index >= 15 is 0 Å². The number of aryl methyl sites for hydroxylation is 1. The third-order valence-electron chi connectivity index (χ3n) is 2.75. The standard InChI is InChI=1S/C14H15FN2/c1-10-8-17-6-5-13(10)14-7-12(15)4-3-11(14)9-16-2/h3-8,16H,9H2,1-2H3. The van der Waals surface area contributed by atoms with Crippen molar-refractivity contribution in [3.8, 4) is 11.1 Å². The van der Waals surface area contributed by atoms with E-state index in [-0.39, 0.29) is 5.82 Å². The molecular formula is C14H15FN2. The Morgan fingerprint density at radius 1 is 1.24 bits per heavy atom. The summed E-state index contributed by atoms with van der Waals surface area (Å²) in [4.78, 5) is 4.06. The van der Waals surface area contributed by atoms with Gasteiger partial charge >= 0.3 is 0 Å². The monoisotopic (exact) mass is 230 g/mol. The minimum atomic E-state index is -0.212. The lowest BCUT2D eigenvalue weighted by molar-refractivity contribution is 0.627. The lowest BCUT2D eigenvalue weighted by Gasteiger charge is -2.11. The maximum Gasteiger partial charge on any atom is 0.123 e. The zero-order valence-electron chi connectivity index (χ0n) is 10.00. The van der Waals surface area contributed by atoms with Crippen LogP contribution in [0.25, 0.3) is 11.1 Å². The summed E-state index contributed by atoms with van der Waals surface area (Å²) in [7, 11) is 1.88. The molecule has 17 heavy (non-hydrogen) atoms. The Labute approximate surface area is 101 Å². The highest BCUT2D eigenvalue weighted by molar-refractivity contribution is 5.70. The van der Waals surface area contributed by atoms with Gasteiger partial charge in [-0.3, -0.25) is 4.98 Å². The fourth-order valence-corrected chi connectivity index (χ4v) is 1.92. The van der Waals surface area contributed by atoms with Crippen LogP contribution in [0.2, 0.25) is 0 Å². The topological polar surface area (TPSA) is 24.9 Å². The number of hydrogen-bond donors (Lipinski definition) is 1. The van der Waals surface area contributed by atoms with E-state index in [1.807, 2.05) is 26.1 Å². The van der Waals surface area contributed by atoms with Crippen molar-refractivity contribution in [3.05, 3.63) is 53.6 Å². The number of aromatic nitrogens is 1. The molecule has 1 aromatic carbocycles. The summed E-state index contributed by atoms with van der Waals surface area (Å²) in [6.45, 7) is 2.70. The molecule has 0 saturated heterocycles. The average Bonchev–Trinajstić information content (AvgIpc) is 2.32. The molecule has 2 aromatic rings. The van der Waals surface area contributed by atoms with Crippen LogP contribution >= 0.6 is 0 Å². The van der Waals surface area contributed by atoms with Crippen molar-refractivity contribution >= 4 is 0 Å². The molecule has 1 heterocycles. The summed E-state index contributed by atoms with van der Waals surface area (Å²) in [5.74, 6) is -0.212. The van der Waals surface area contributed by atoms with Gasteiger partial charge in [-0.15, -0.1) is 0 Å². The van der Waals surface area contributed by atoms with Crippen LogP contribution in [0.15, 0.2) is 36.7 Å². The summed E-state index contributed by atoms with van der Waals surface area (Å²) in [5, 5.41) is 3.09. The summed E-state index contributed by atoms with van der Waals surface area (Å²) in [6, 6.07) is 6.81. The Kier molecular flexibility index (Phi) is 3.49. The zero-order chi connectivity index (χ0) is 12.3. The number of rotatable bonds is 3. The second-order valence-electron chi connectivity index (χ2n) is 4.02. The first-order valence-corrected chi connectivity index (χ1v) is 5.56. The van der Waals surface area contributed by atoms with Crippen LogP contribution in [0.1, 0.15) is 11.1 Å². The van der Waals surface area contributed by atoms with Crippen molar-refractivity contribution in [2.75, 3.05) is 7.05 Å². The quantitative estimate of drug-likeness (QED) is 0.877. The molecule has 0 amide bonds. The number of halogens is 1. The van der Waals surface area contributed by atoms with Gasteiger partial charge < -0.3 is 5.32 Å². The molecule has 0 saturated carbocycles. The largest absolute Gasteiger partial charge is 0.316 e. The molecule has 0 unspecified atom stereocenters. The number of pyridine rings is 1. The van der Waals surface area contributed by atoms with Crippen LogP contribution < -0.4 is 5.32 Å². The third-order valence-corrected chi connectivity index (χ3v) is 2.75. The van der Waals surface area contributed by atoms with Gasteiger partial charge in [-0.2, -0.15) is 0 Å². The second kappa shape index (κ2) is 5.06. The molecule has 0 bridgehead atoms. The van der Waals surface area contributed by atoms with Gasteiger partial charge in [0.2, 0.25) is 0 Å². The molecule has 0 aliphatic rings. The van der Waals surface area contributed by atoms with Crippen molar-refractivity contribution in [2.45, 2.75) is 13.5 Å². The highest BCUT2D eigenvalue weighted by atomic mass is 19.1. The van der Waals surface area contributed by atoms with E-state index < -0.39 is 0 Å². The molecule has 88 valence electrons. The third kappa shape index (κ3) is 2.50. The summed E-state index contributed by atoms with van der Waals surface area (Å²) < 4.78 is 13.4. The fourth-order valence-electron chi connectivity index (χ4n) is 1.92. The van der Waals surface area contributed by atoms with Gasteiger partial charge in [-0.05, 0) is 54.4 Å². The van der Waals surface area contributed by atoms with E-state index in [1.165, 1.54) is 6.07 Å². The fraction of sp³-hybridized carbons (Fsp3) is 0.214. The Bertz CT molecular complexity index is 523. The molecular weight excluding hydrogens is 215 g/mol. The van der Waals surface area contributed by atoms with Crippen molar-refractivity contribution < 1.29 is 4.39 Å². The maximum atomic E-state index is 13.4. The highest BCUT2D eigenvalue weighted by Crippen LogP contribution is 2.27. The molecule has 0 aliphatic carbocycles. The normalized spacial score (nSPS) is 10.5. The molecule has 2 nitrogen and oxygen atoms in total. The lowest BCUT2D eigenvalue weighted by Crippen LogP contribution is -2.07. The van der Waals surface area contributed by atoms with Crippen LogP contribution in [0.3, 0.4) is 0 Å². The van der Waals surface area contributed by atoms with Crippen LogP contribution in [0.5, 0.6) is 0 Å². The van der Waals surface area contributed by atoms with Gasteiger partial charge in [0.15, 0.2) is 0 Å². The Morgan fingerprint density at radius 3 is 2.76 bits per heavy atom. The number of benzene rings is 1. The predicted molar refractivity (Wildman–Crippen MR) is 67.1 cm³/mol. The average molecular weight is 230 g/mol. The van der Waals surface area contributed by atoms with Crippen LogP contribution in [-0.2, 0) is 6.54 Å². The van der Waals surface area contributed by atoms with Crippen molar-refractivity contribution in [2.24, 2.45) is 0 Å². The predicted octanol–water partition coefficient (Wildman–Crippen LogP) is 2.92. The Hall–Kier alpha value is -1.74. The van der Waals surface area contributed by atoms with Crippen LogP contribution in [0.4, 0.5) is 4.39 Å². The summed E-state index contributed by atoms with van der Waals surface area (Å²) in [6.07, 6.45) is 3.53. The van der Waals surface area contributed by atoms with E-state index in [2.05, 4.69) is 10.3 Å². The first-order valence-electron chi connectivity index (χ1n) is 5.56. The van der Waals surface area contributed by atoms with E-state index in [0.29, 0.717) is 0 Å². The van der Waals surface area contributed by atoms with E-state index in [1.54, 1.807) is 18.5 Å². The molecule has 2 rings (SSSR count). The van der Waals surface area contributed by atoms with E-state index in [0.717, 1.165) is 28.8 Å². The molecule has 0 aliphatic heterocycles. The first kappa shape index (κ1) is 11.7. The van der Waals surface area contributed by atoms with Crippen LogP contribution in [0, 0.1) is 12.7 Å². The molecule has 1 N–H and O–H groups in total. The zero-order valence-corrected chi connectivity index (χ0v) is 10.00. The number of hydrogen-bond acceptors (Lipinski definition) is 2. The van der Waals surface area contributed by atoms with Crippen molar-refractivity contribution in [1.82, 2.24) is 10.3 Å². The Morgan fingerprint density at radius 2 is 2.06 bits per heavy atom. The number of nitrogens with zero attached hydrogens (tertiary/aromatic N) is 1. The lowest BCUT2D eigenvalue weighted by atomic mass is 9.97. The van der Waals surface area contributed by atoms with Gasteiger partial charge in [0, 0.05) is 18.9 Å². The van der Waals surface area contributed by atoms with Crippen molar-refractivity contribution in [3.63, 3.8) is 0 Å². The molecule has 3 heteroatoms. The van der Waals surface area contributed by atoms with Gasteiger partial charge in [0.1, 0.15) is 5.82 Å². The highest BCUT2D eigenvalue weighted by Gasteiger charge is 2.08. The molecule has 0 radical (unpaired) electrons. The van der Waals surface area contributed by atoms with Crippen LogP contribution in [-0.4, -0.2) is 12.0 Å². The van der Waals surface area contributed by atoms with E-state index in [9.17, 15) is 4.39 Å². The molecule has 1 aromatic heterocycles. The second-order valence-corrected chi connectivity index (χ2v) is 4.02. The van der Waals surface area contributed by atoms with Crippen molar-refractivity contribution in [1.29, 1.82) is 0 Å².